The molecular formula is C18H22Cl2N4O3S3. The van der Waals surface area contributed by atoms with E-state index in [1.165, 1.54) is 15.6 Å². The van der Waals surface area contributed by atoms with Gasteiger partial charge in [-0.2, -0.15) is 0 Å². The van der Waals surface area contributed by atoms with Crippen LogP contribution in [0.25, 0.3) is 0 Å². The minimum atomic E-state index is -3.59. The number of anilines is 1. The molecule has 1 saturated heterocycles. The second kappa shape index (κ2) is 10.1. The third-order valence-electron chi connectivity index (χ3n) is 4.45. The van der Waals surface area contributed by atoms with Crippen LogP contribution in [0.1, 0.15) is 32.3 Å². The third kappa shape index (κ3) is 6.30. The predicted molar refractivity (Wildman–Crippen MR) is 123 cm³/mol. The molecule has 1 aromatic heterocycles. The summed E-state index contributed by atoms with van der Waals surface area (Å²) in [6.07, 6.45) is 1.24. The molecular weight excluding hydrogens is 487 g/mol. The Morgan fingerprint density at radius 1 is 1.33 bits per heavy atom. The lowest BCUT2D eigenvalue weighted by atomic mass is 9.99. The topological polar surface area (TPSA) is 92.3 Å². The molecule has 1 aromatic carbocycles. The SMILES string of the molecule is CC(C)Sc1nnc(NC(=O)[C@@H]2CCCN(S(=O)(=O)Cc3ccc(Cl)c(Cl)c3)C2)s1. The molecule has 1 aliphatic heterocycles. The Balaban J connectivity index is 1.62. The molecule has 3 rings (SSSR count). The van der Waals surface area contributed by atoms with Gasteiger partial charge in [-0.15, -0.1) is 10.2 Å². The van der Waals surface area contributed by atoms with E-state index in [0.717, 1.165) is 4.34 Å². The minimum Gasteiger partial charge on any atom is -0.300 e. The van der Waals surface area contributed by atoms with Crippen LogP contribution < -0.4 is 5.32 Å². The molecule has 7 nitrogen and oxygen atoms in total. The predicted octanol–water partition coefficient (Wildman–Crippen LogP) is 4.53. The summed E-state index contributed by atoms with van der Waals surface area (Å²) in [5, 5.41) is 12.3. The number of nitrogens with zero attached hydrogens (tertiary/aromatic N) is 3. The van der Waals surface area contributed by atoms with E-state index in [4.69, 9.17) is 23.2 Å². The summed E-state index contributed by atoms with van der Waals surface area (Å²) >= 11 is 14.8. The van der Waals surface area contributed by atoms with Crippen molar-refractivity contribution in [1.82, 2.24) is 14.5 Å². The number of nitrogens with one attached hydrogen (secondary N) is 1. The van der Waals surface area contributed by atoms with Crippen LogP contribution in [-0.4, -0.2) is 47.2 Å². The first-order valence-corrected chi connectivity index (χ1v) is 13.4. The highest BCUT2D eigenvalue weighted by Gasteiger charge is 2.33. The number of piperidine rings is 1. The average Bonchev–Trinajstić information content (AvgIpc) is 3.10. The fraction of sp³-hybridized carbons (Fsp3) is 0.500. The molecule has 2 heterocycles. The van der Waals surface area contributed by atoms with Gasteiger partial charge in [-0.3, -0.25) is 4.79 Å². The lowest BCUT2D eigenvalue weighted by Gasteiger charge is -2.31. The molecule has 0 radical (unpaired) electrons. The van der Waals surface area contributed by atoms with Gasteiger partial charge >= 0.3 is 0 Å². The van der Waals surface area contributed by atoms with E-state index in [9.17, 15) is 13.2 Å². The number of amides is 1. The van der Waals surface area contributed by atoms with Crippen LogP contribution in [0.3, 0.4) is 0 Å². The smallest absolute Gasteiger partial charge is 0.230 e. The Bertz CT molecular complexity index is 1010. The van der Waals surface area contributed by atoms with Crippen LogP contribution in [0.15, 0.2) is 22.5 Å². The summed E-state index contributed by atoms with van der Waals surface area (Å²) in [6, 6.07) is 4.77. The number of hydrogen-bond acceptors (Lipinski definition) is 7. The van der Waals surface area contributed by atoms with E-state index in [1.807, 2.05) is 0 Å². The van der Waals surface area contributed by atoms with Gasteiger partial charge in [0.1, 0.15) is 0 Å². The highest BCUT2D eigenvalue weighted by Crippen LogP contribution is 2.30. The number of thioether (sulfide) groups is 1. The molecule has 2 aromatic rings. The molecule has 30 heavy (non-hydrogen) atoms. The van der Waals surface area contributed by atoms with Crippen molar-refractivity contribution in [2.75, 3.05) is 18.4 Å². The summed E-state index contributed by atoms with van der Waals surface area (Å²) < 4.78 is 27.9. The molecule has 0 spiro atoms. The van der Waals surface area contributed by atoms with E-state index >= 15 is 0 Å². The Kier molecular flexibility index (Phi) is 8.03. The van der Waals surface area contributed by atoms with Crippen molar-refractivity contribution in [2.24, 2.45) is 5.92 Å². The zero-order valence-electron chi connectivity index (χ0n) is 16.5. The Morgan fingerprint density at radius 3 is 2.80 bits per heavy atom. The first-order valence-electron chi connectivity index (χ1n) is 9.37. The molecule has 1 aliphatic rings. The number of sulfonamides is 1. The second-order valence-corrected chi connectivity index (χ2v) is 12.8. The highest BCUT2D eigenvalue weighted by molar-refractivity contribution is 8.01. The maximum absolute atomic E-state index is 12.9. The summed E-state index contributed by atoms with van der Waals surface area (Å²) in [7, 11) is -3.59. The molecule has 1 fully saturated rings. The van der Waals surface area contributed by atoms with Crippen LogP contribution in [-0.2, 0) is 20.6 Å². The van der Waals surface area contributed by atoms with Gasteiger partial charge in [0, 0.05) is 18.3 Å². The number of benzene rings is 1. The van der Waals surface area contributed by atoms with E-state index < -0.39 is 15.9 Å². The van der Waals surface area contributed by atoms with Crippen LogP contribution in [0, 0.1) is 5.92 Å². The van der Waals surface area contributed by atoms with E-state index in [0.29, 0.717) is 45.4 Å². The maximum atomic E-state index is 12.9. The second-order valence-electron chi connectivity index (χ2n) is 7.23. The molecule has 164 valence electrons. The number of carbonyl (C=O) groups excluding carboxylic acids is 1. The molecule has 0 unspecified atom stereocenters. The van der Waals surface area contributed by atoms with E-state index in [1.54, 1.807) is 30.0 Å². The third-order valence-corrected chi connectivity index (χ3v) is 8.94. The van der Waals surface area contributed by atoms with Crippen LogP contribution in [0.2, 0.25) is 10.0 Å². The van der Waals surface area contributed by atoms with Crippen molar-refractivity contribution >= 4 is 67.4 Å². The summed E-state index contributed by atoms with van der Waals surface area (Å²) in [6.45, 7) is 4.64. The van der Waals surface area contributed by atoms with Gasteiger partial charge in [0.15, 0.2) is 4.34 Å². The van der Waals surface area contributed by atoms with Crippen LogP contribution in [0.5, 0.6) is 0 Å². The normalized spacial score (nSPS) is 18.0. The number of aromatic nitrogens is 2. The van der Waals surface area contributed by atoms with Crippen molar-refractivity contribution in [3.63, 3.8) is 0 Å². The van der Waals surface area contributed by atoms with E-state index in [-0.39, 0.29) is 18.2 Å². The van der Waals surface area contributed by atoms with Gasteiger partial charge in [-0.1, -0.05) is 66.2 Å². The number of hydrogen-bond donors (Lipinski definition) is 1. The summed E-state index contributed by atoms with van der Waals surface area (Å²) in [5.74, 6) is -0.862. The van der Waals surface area contributed by atoms with Gasteiger partial charge in [-0.25, -0.2) is 12.7 Å². The molecule has 1 atom stereocenters. The van der Waals surface area contributed by atoms with Crippen molar-refractivity contribution in [1.29, 1.82) is 0 Å². The fourth-order valence-electron chi connectivity index (χ4n) is 3.06. The molecule has 1 N–H and O–H groups in total. The Hall–Kier alpha value is -0.910. The monoisotopic (exact) mass is 508 g/mol. The highest BCUT2D eigenvalue weighted by atomic mass is 35.5. The van der Waals surface area contributed by atoms with Gasteiger partial charge in [0.25, 0.3) is 0 Å². The standard InChI is InChI=1S/C18H22Cl2N4O3S3/c1-11(2)28-18-23-22-17(29-18)21-16(25)13-4-3-7-24(9-13)30(26,27)10-12-5-6-14(19)15(20)8-12/h5-6,8,11,13H,3-4,7,9-10H2,1-2H3,(H,21,22,25)/t13-/m1/s1. The molecule has 0 saturated carbocycles. The van der Waals surface area contributed by atoms with Crippen molar-refractivity contribution in [3.8, 4) is 0 Å². The molecule has 1 amide bonds. The zero-order valence-corrected chi connectivity index (χ0v) is 20.4. The van der Waals surface area contributed by atoms with Crippen molar-refractivity contribution in [2.45, 2.75) is 42.0 Å². The van der Waals surface area contributed by atoms with Crippen LogP contribution >= 0.6 is 46.3 Å². The zero-order chi connectivity index (χ0) is 21.9. The number of rotatable bonds is 7. The van der Waals surface area contributed by atoms with Crippen molar-refractivity contribution < 1.29 is 13.2 Å². The first-order chi connectivity index (χ1) is 14.1. The fourth-order valence-corrected chi connectivity index (χ4v) is 6.95. The Morgan fingerprint density at radius 2 is 2.10 bits per heavy atom. The van der Waals surface area contributed by atoms with Gasteiger partial charge in [0.2, 0.25) is 21.1 Å². The molecule has 12 heteroatoms. The molecule has 0 aliphatic carbocycles. The van der Waals surface area contributed by atoms with Gasteiger partial charge in [0.05, 0.1) is 21.7 Å². The van der Waals surface area contributed by atoms with E-state index in [2.05, 4.69) is 29.4 Å². The first kappa shape index (κ1) is 23.7. The maximum Gasteiger partial charge on any atom is 0.230 e. The lowest BCUT2D eigenvalue weighted by Crippen LogP contribution is -2.44. The van der Waals surface area contributed by atoms with Crippen LogP contribution in [0.4, 0.5) is 5.13 Å². The van der Waals surface area contributed by atoms with Crippen molar-refractivity contribution in [3.05, 3.63) is 33.8 Å². The Labute approximate surface area is 194 Å². The quantitative estimate of drug-likeness (QED) is 0.436. The minimum absolute atomic E-state index is 0.141. The summed E-state index contributed by atoms with van der Waals surface area (Å²) in [5.41, 5.74) is 0.556. The molecule has 0 bridgehead atoms. The summed E-state index contributed by atoms with van der Waals surface area (Å²) in [4.78, 5) is 12.7. The van der Waals surface area contributed by atoms with Gasteiger partial charge < -0.3 is 5.32 Å². The number of carbonyl (C=O) groups is 1. The lowest BCUT2D eigenvalue weighted by molar-refractivity contribution is -0.120. The number of halogens is 2. The average molecular weight is 510 g/mol. The van der Waals surface area contributed by atoms with Gasteiger partial charge in [-0.05, 0) is 30.5 Å². The largest absolute Gasteiger partial charge is 0.300 e.